The minimum absolute atomic E-state index is 0.140. The molecule has 1 saturated carbocycles. The van der Waals surface area contributed by atoms with Gasteiger partial charge in [-0.2, -0.15) is 0 Å². The van der Waals surface area contributed by atoms with Gasteiger partial charge in [-0.15, -0.1) is 0 Å². The Kier molecular flexibility index (Phi) is 5.34. The smallest absolute Gasteiger partial charge is 0.250 e. The molecule has 1 aromatic rings. The molecular formula is C24H35N3O. The summed E-state index contributed by atoms with van der Waals surface area (Å²) in [4.78, 5) is 21.2. The molecule has 4 nitrogen and oxygen atoms in total. The predicted molar refractivity (Wildman–Crippen MR) is 114 cm³/mol. The number of likely N-dealkylation sites (tertiary alicyclic amines) is 1. The zero-order valence-corrected chi connectivity index (χ0v) is 17.8. The van der Waals surface area contributed by atoms with Crippen LogP contribution >= 0.6 is 0 Å². The van der Waals surface area contributed by atoms with Crippen LogP contribution in [0, 0.1) is 29.6 Å². The summed E-state index contributed by atoms with van der Waals surface area (Å²) in [5, 5.41) is 3.25. The number of carbonyl (C=O) groups is 1. The summed E-state index contributed by atoms with van der Waals surface area (Å²) in [5.74, 6) is 2.81. The molecule has 0 aromatic heterocycles. The molecule has 2 fully saturated rings. The Morgan fingerprint density at radius 3 is 2.64 bits per heavy atom. The fraction of sp³-hybridized carbons (Fsp3) is 0.667. The van der Waals surface area contributed by atoms with E-state index >= 15 is 0 Å². The van der Waals surface area contributed by atoms with Crippen LogP contribution in [0.2, 0.25) is 0 Å². The Balaban J connectivity index is 1.62. The van der Waals surface area contributed by atoms with E-state index in [4.69, 9.17) is 4.99 Å². The number of hydrogen-bond acceptors (Lipinski definition) is 3. The van der Waals surface area contributed by atoms with E-state index in [-0.39, 0.29) is 11.9 Å². The highest BCUT2D eigenvalue weighted by Crippen LogP contribution is 2.55. The number of nitrogens with one attached hydrogen (secondary N) is 1. The van der Waals surface area contributed by atoms with E-state index in [0.29, 0.717) is 36.1 Å². The average molecular weight is 382 g/mol. The first kappa shape index (κ1) is 19.6. The van der Waals surface area contributed by atoms with Gasteiger partial charge in [0.15, 0.2) is 5.54 Å². The molecular weight excluding hydrogens is 346 g/mol. The van der Waals surface area contributed by atoms with Gasteiger partial charge in [0, 0.05) is 37.8 Å². The molecule has 1 amide bonds. The van der Waals surface area contributed by atoms with Gasteiger partial charge < -0.3 is 5.32 Å². The van der Waals surface area contributed by atoms with E-state index in [1.54, 1.807) is 0 Å². The van der Waals surface area contributed by atoms with Crippen molar-refractivity contribution in [1.29, 1.82) is 0 Å². The van der Waals surface area contributed by atoms with Crippen molar-refractivity contribution in [3.63, 3.8) is 0 Å². The molecule has 5 rings (SSSR count). The lowest BCUT2D eigenvalue weighted by Crippen LogP contribution is -2.65. The summed E-state index contributed by atoms with van der Waals surface area (Å²) in [7, 11) is 0. The molecule has 5 atom stereocenters. The van der Waals surface area contributed by atoms with Crippen LogP contribution < -0.4 is 5.32 Å². The Morgan fingerprint density at radius 1 is 1.21 bits per heavy atom. The molecule has 5 unspecified atom stereocenters. The van der Waals surface area contributed by atoms with Crippen molar-refractivity contribution in [1.82, 2.24) is 10.2 Å². The van der Waals surface area contributed by atoms with Crippen LogP contribution in [-0.2, 0) is 11.3 Å². The van der Waals surface area contributed by atoms with Crippen molar-refractivity contribution < 1.29 is 4.79 Å². The number of aliphatic imine (C=N–C) groups is 1. The lowest BCUT2D eigenvalue weighted by Gasteiger charge is -2.51. The van der Waals surface area contributed by atoms with Gasteiger partial charge >= 0.3 is 0 Å². The Bertz CT molecular complexity index is 729. The fourth-order valence-corrected chi connectivity index (χ4v) is 6.02. The number of benzene rings is 1. The van der Waals surface area contributed by atoms with Gasteiger partial charge in [0.1, 0.15) is 0 Å². The maximum absolute atomic E-state index is 13.6. The van der Waals surface area contributed by atoms with Gasteiger partial charge in [0.05, 0.1) is 0 Å². The quantitative estimate of drug-likeness (QED) is 0.781. The highest BCUT2D eigenvalue weighted by molar-refractivity contribution is 5.92. The lowest BCUT2D eigenvalue weighted by molar-refractivity contribution is -0.132. The summed E-state index contributed by atoms with van der Waals surface area (Å²) in [6.07, 6.45) is 4.43. The normalized spacial score (nSPS) is 33.8. The van der Waals surface area contributed by atoms with Crippen molar-refractivity contribution in [3.8, 4) is 0 Å². The van der Waals surface area contributed by atoms with E-state index in [9.17, 15) is 4.79 Å². The zero-order chi connectivity index (χ0) is 19.9. The minimum atomic E-state index is -0.585. The molecule has 28 heavy (non-hydrogen) atoms. The summed E-state index contributed by atoms with van der Waals surface area (Å²) >= 11 is 0. The number of nitrogens with zero attached hydrogens (tertiary/aromatic N) is 2. The van der Waals surface area contributed by atoms with Crippen LogP contribution in [0.3, 0.4) is 0 Å². The molecule has 1 N–H and O–H groups in total. The van der Waals surface area contributed by atoms with Gasteiger partial charge in [0.25, 0.3) is 0 Å². The second-order valence-corrected chi connectivity index (χ2v) is 9.95. The molecule has 0 radical (unpaired) electrons. The standard InChI is InChI=1S/C24H35N3O/c1-16(2)10-21-19-11-20-15-27(14-17(3)4)22(21)24(20,26-13-19)23(28)25-12-18-8-6-5-7-9-18/h5-9,13,16-17,19-22H,10-12,14-15H2,1-4H3,(H,25,28). The first-order valence-electron chi connectivity index (χ1n) is 11.0. The van der Waals surface area contributed by atoms with Crippen LogP contribution in [0.15, 0.2) is 35.3 Å². The molecule has 4 bridgehead atoms. The third kappa shape index (κ3) is 3.30. The van der Waals surface area contributed by atoms with Gasteiger partial charge in [0.2, 0.25) is 5.91 Å². The lowest BCUT2D eigenvalue weighted by atomic mass is 9.59. The first-order valence-corrected chi connectivity index (χ1v) is 11.0. The average Bonchev–Trinajstić information content (AvgIpc) is 2.91. The maximum atomic E-state index is 13.6. The topological polar surface area (TPSA) is 44.7 Å². The summed E-state index contributed by atoms with van der Waals surface area (Å²) in [5.41, 5.74) is 0.559. The van der Waals surface area contributed by atoms with Crippen LogP contribution in [-0.4, -0.2) is 41.7 Å². The van der Waals surface area contributed by atoms with Crippen LogP contribution in [0.1, 0.15) is 46.1 Å². The predicted octanol–water partition coefficient (Wildman–Crippen LogP) is 3.76. The first-order chi connectivity index (χ1) is 13.4. The third-order valence-electron chi connectivity index (χ3n) is 6.92. The van der Waals surface area contributed by atoms with Crippen molar-refractivity contribution in [2.75, 3.05) is 13.1 Å². The van der Waals surface area contributed by atoms with E-state index in [1.807, 2.05) is 18.2 Å². The van der Waals surface area contributed by atoms with Gasteiger partial charge in [-0.25, -0.2) is 0 Å². The molecule has 152 valence electrons. The molecule has 1 aliphatic carbocycles. The molecule has 3 heterocycles. The number of amides is 1. The van der Waals surface area contributed by atoms with E-state index in [1.165, 1.54) is 6.42 Å². The monoisotopic (exact) mass is 381 g/mol. The second kappa shape index (κ2) is 7.62. The Labute approximate surface area is 169 Å². The van der Waals surface area contributed by atoms with Crippen LogP contribution in [0.5, 0.6) is 0 Å². The number of carbonyl (C=O) groups excluding carboxylic acids is 1. The maximum Gasteiger partial charge on any atom is 0.250 e. The van der Waals surface area contributed by atoms with Gasteiger partial charge in [-0.05, 0) is 42.1 Å². The molecule has 0 spiro atoms. The SMILES string of the molecule is CC(C)CC1C2C=NC3(C(=O)NCc4ccccc4)C(C2)CN(CC(C)C)C13. The molecule has 3 aliphatic heterocycles. The van der Waals surface area contributed by atoms with Crippen molar-refractivity contribution in [3.05, 3.63) is 35.9 Å². The summed E-state index contributed by atoms with van der Waals surface area (Å²) in [6, 6.07) is 10.5. The highest BCUT2D eigenvalue weighted by atomic mass is 16.2. The molecule has 4 heteroatoms. The van der Waals surface area contributed by atoms with Gasteiger partial charge in [-0.3, -0.25) is 14.7 Å². The minimum Gasteiger partial charge on any atom is -0.350 e. The number of rotatable bonds is 7. The van der Waals surface area contributed by atoms with Crippen molar-refractivity contribution in [2.24, 2.45) is 34.6 Å². The van der Waals surface area contributed by atoms with E-state index in [0.717, 1.165) is 25.1 Å². The third-order valence-corrected chi connectivity index (χ3v) is 6.92. The number of hydrogen-bond donors (Lipinski definition) is 1. The molecule has 1 saturated heterocycles. The zero-order valence-electron chi connectivity index (χ0n) is 17.8. The molecule has 4 aliphatic rings. The van der Waals surface area contributed by atoms with Crippen LogP contribution in [0.4, 0.5) is 0 Å². The second-order valence-electron chi connectivity index (χ2n) is 9.95. The van der Waals surface area contributed by atoms with Crippen molar-refractivity contribution >= 4 is 12.1 Å². The fourth-order valence-electron chi connectivity index (χ4n) is 6.02. The summed E-state index contributed by atoms with van der Waals surface area (Å²) < 4.78 is 0. The van der Waals surface area contributed by atoms with E-state index < -0.39 is 5.54 Å². The summed E-state index contributed by atoms with van der Waals surface area (Å²) in [6.45, 7) is 11.8. The van der Waals surface area contributed by atoms with Gasteiger partial charge in [-0.1, -0.05) is 58.0 Å². The molecule has 1 aromatic carbocycles. The van der Waals surface area contributed by atoms with Crippen LogP contribution in [0.25, 0.3) is 0 Å². The Hall–Kier alpha value is -1.68. The van der Waals surface area contributed by atoms with Crippen molar-refractivity contribution in [2.45, 2.75) is 58.7 Å². The van der Waals surface area contributed by atoms with E-state index in [2.05, 4.69) is 56.3 Å². The Morgan fingerprint density at radius 2 is 1.96 bits per heavy atom. The highest BCUT2D eigenvalue weighted by Gasteiger charge is 2.67. The largest absolute Gasteiger partial charge is 0.350 e.